The standard InChI is InChI=1S/C22H21N3O4S/c1-28-13-12-25-20(19(24-22(25)30)16-4-2-3-11-23-16)18-10-9-17(29-18)14-5-7-15(8-6-14)21(26)27/h2-11,19-20H,12-13H2,1H3,(H,24,30)(H,26,27)/t19-,20-/m0/s1. The number of hydrogen-bond acceptors (Lipinski definition) is 5. The van der Waals surface area contributed by atoms with Crippen LogP contribution in [0.15, 0.2) is 65.2 Å². The minimum atomic E-state index is -0.959. The van der Waals surface area contributed by atoms with Gasteiger partial charge in [0.2, 0.25) is 0 Å². The van der Waals surface area contributed by atoms with Crippen molar-refractivity contribution in [2.75, 3.05) is 20.3 Å². The van der Waals surface area contributed by atoms with Gasteiger partial charge in [-0.2, -0.15) is 0 Å². The van der Waals surface area contributed by atoms with Crippen molar-refractivity contribution in [3.05, 3.63) is 77.8 Å². The van der Waals surface area contributed by atoms with Gasteiger partial charge in [-0.3, -0.25) is 4.98 Å². The molecule has 1 aromatic carbocycles. The van der Waals surface area contributed by atoms with Crippen LogP contribution in [0.25, 0.3) is 11.3 Å². The van der Waals surface area contributed by atoms with Gasteiger partial charge in [-0.05, 0) is 48.6 Å². The van der Waals surface area contributed by atoms with Gasteiger partial charge < -0.3 is 24.5 Å². The van der Waals surface area contributed by atoms with E-state index < -0.39 is 5.97 Å². The molecule has 1 aliphatic heterocycles. The number of rotatable bonds is 7. The fourth-order valence-corrected chi connectivity index (χ4v) is 3.92. The molecule has 0 unspecified atom stereocenters. The van der Waals surface area contributed by atoms with Crippen molar-refractivity contribution in [3.63, 3.8) is 0 Å². The Morgan fingerprint density at radius 1 is 1.23 bits per heavy atom. The Hall–Kier alpha value is -3.23. The second kappa shape index (κ2) is 8.64. The lowest BCUT2D eigenvalue weighted by molar-refractivity contribution is 0.0697. The van der Waals surface area contributed by atoms with E-state index in [4.69, 9.17) is 26.5 Å². The van der Waals surface area contributed by atoms with Gasteiger partial charge in [-0.1, -0.05) is 18.2 Å². The molecule has 3 aromatic rings. The van der Waals surface area contributed by atoms with Crippen molar-refractivity contribution in [2.45, 2.75) is 12.1 Å². The maximum Gasteiger partial charge on any atom is 0.335 e. The van der Waals surface area contributed by atoms with Gasteiger partial charge >= 0.3 is 5.97 Å². The summed E-state index contributed by atoms with van der Waals surface area (Å²) in [5.41, 5.74) is 1.91. The summed E-state index contributed by atoms with van der Waals surface area (Å²) in [5.74, 6) is 0.442. The molecule has 2 atom stereocenters. The number of aromatic nitrogens is 1. The van der Waals surface area contributed by atoms with Gasteiger partial charge in [-0.25, -0.2) is 4.79 Å². The fourth-order valence-electron chi connectivity index (χ4n) is 3.59. The Morgan fingerprint density at radius 3 is 2.70 bits per heavy atom. The van der Waals surface area contributed by atoms with Crippen LogP contribution in [0.2, 0.25) is 0 Å². The van der Waals surface area contributed by atoms with Crippen LogP contribution in [0.3, 0.4) is 0 Å². The number of carbonyl (C=O) groups is 1. The smallest absolute Gasteiger partial charge is 0.335 e. The Morgan fingerprint density at radius 2 is 2.03 bits per heavy atom. The largest absolute Gasteiger partial charge is 0.478 e. The van der Waals surface area contributed by atoms with Gasteiger partial charge in [0, 0.05) is 25.4 Å². The fraction of sp³-hybridized carbons (Fsp3) is 0.227. The van der Waals surface area contributed by atoms with Crippen LogP contribution in [0.1, 0.15) is 33.9 Å². The lowest BCUT2D eigenvalue weighted by atomic mass is 10.0. The lowest BCUT2D eigenvalue weighted by Crippen LogP contribution is -2.32. The number of hydrogen-bond donors (Lipinski definition) is 2. The van der Waals surface area contributed by atoms with Crippen molar-refractivity contribution >= 4 is 23.3 Å². The van der Waals surface area contributed by atoms with E-state index in [0.717, 1.165) is 17.0 Å². The Kier molecular flexibility index (Phi) is 5.78. The van der Waals surface area contributed by atoms with E-state index in [1.165, 1.54) is 0 Å². The molecule has 30 heavy (non-hydrogen) atoms. The quantitative estimate of drug-likeness (QED) is 0.557. The molecular weight excluding hydrogens is 402 g/mol. The van der Waals surface area contributed by atoms with E-state index in [2.05, 4.69) is 10.3 Å². The summed E-state index contributed by atoms with van der Waals surface area (Å²) in [5, 5.41) is 13.1. The number of aromatic carboxylic acids is 1. The highest BCUT2D eigenvalue weighted by molar-refractivity contribution is 7.80. The number of pyridine rings is 1. The highest BCUT2D eigenvalue weighted by atomic mass is 32.1. The maximum atomic E-state index is 11.1. The molecule has 0 saturated carbocycles. The zero-order chi connectivity index (χ0) is 21.1. The molecule has 3 heterocycles. The average molecular weight is 423 g/mol. The highest BCUT2D eigenvalue weighted by Gasteiger charge is 2.41. The number of methoxy groups -OCH3 is 1. The van der Waals surface area contributed by atoms with E-state index in [1.54, 1.807) is 37.6 Å². The topological polar surface area (TPSA) is 87.8 Å². The van der Waals surface area contributed by atoms with Crippen LogP contribution in [-0.2, 0) is 4.74 Å². The number of thiocarbonyl (C=S) groups is 1. The van der Waals surface area contributed by atoms with Crippen LogP contribution < -0.4 is 5.32 Å². The molecule has 0 amide bonds. The van der Waals surface area contributed by atoms with E-state index in [9.17, 15) is 4.79 Å². The first-order valence-corrected chi connectivity index (χ1v) is 9.90. The lowest BCUT2D eigenvalue weighted by Gasteiger charge is -2.25. The van der Waals surface area contributed by atoms with Gasteiger partial charge in [0.05, 0.1) is 23.9 Å². The first kappa shape index (κ1) is 20.1. The normalized spacial score (nSPS) is 18.4. The second-order valence-corrected chi connectivity index (χ2v) is 7.28. The van der Waals surface area contributed by atoms with Gasteiger partial charge in [0.1, 0.15) is 17.6 Å². The Balaban J connectivity index is 1.67. The van der Waals surface area contributed by atoms with E-state index in [0.29, 0.717) is 24.0 Å². The first-order valence-electron chi connectivity index (χ1n) is 9.49. The van der Waals surface area contributed by atoms with E-state index in [1.807, 2.05) is 35.2 Å². The summed E-state index contributed by atoms with van der Waals surface area (Å²) in [6.45, 7) is 1.14. The molecule has 7 nitrogen and oxygen atoms in total. The number of furan rings is 1. The predicted octanol–water partition coefficient (Wildman–Crippen LogP) is 3.66. The van der Waals surface area contributed by atoms with Crippen LogP contribution in [0.4, 0.5) is 0 Å². The van der Waals surface area contributed by atoms with Crippen molar-refractivity contribution < 1.29 is 19.1 Å². The monoisotopic (exact) mass is 423 g/mol. The van der Waals surface area contributed by atoms with Crippen LogP contribution in [-0.4, -0.2) is 46.3 Å². The van der Waals surface area contributed by atoms with Crippen LogP contribution in [0.5, 0.6) is 0 Å². The number of nitrogens with one attached hydrogen (secondary N) is 1. The summed E-state index contributed by atoms with van der Waals surface area (Å²) >= 11 is 5.58. The van der Waals surface area contributed by atoms with E-state index >= 15 is 0 Å². The van der Waals surface area contributed by atoms with Gasteiger partial charge in [0.25, 0.3) is 0 Å². The molecule has 1 aliphatic rings. The van der Waals surface area contributed by atoms with Gasteiger partial charge in [-0.15, -0.1) is 0 Å². The summed E-state index contributed by atoms with van der Waals surface area (Å²) in [7, 11) is 1.66. The Bertz CT molecular complexity index is 1040. The molecule has 0 aliphatic carbocycles. The van der Waals surface area contributed by atoms with Crippen molar-refractivity contribution in [2.24, 2.45) is 0 Å². The molecule has 2 aromatic heterocycles. The van der Waals surface area contributed by atoms with Gasteiger partial charge in [0.15, 0.2) is 5.11 Å². The highest BCUT2D eigenvalue weighted by Crippen LogP contribution is 2.40. The zero-order valence-electron chi connectivity index (χ0n) is 16.3. The van der Waals surface area contributed by atoms with Crippen molar-refractivity contribution in [1.29, 1.82) is 0 Å². The minimum absolute atomic E-state index is 0.163. The third-order valence-corrected chi connectivity index (χ3v) is 5.42. The molecule has 1 saturated heterocycles. The number of ether oxygens (including phenoxy) is 1. The predicted molar refractivity (Wildman–Crippen MR) is 115 cm³/mol. The summed E-state index contributed by atoms with van der Waals surface area (Å²) in [6, 6.07) is 15.8. The molecule has 2 N–H and O–H groups in total. The molecule has 0 spiro atoms. The molecule has 1 fully saturated rings. The van der Waals surface area contributed by atoms with E-state index in [-0.39, 0.29) is 17.6 Å². The molecule has 8 heteroatoms. The summed E-state index contributed by atoms with van der Waals surface area (Å²) in [6.07, 6.45) is 1.76. The van der Waals surface area contributed by atoms with Crippen LogP contribution in [0, 0.1) is 0 Å². The first-order chi connectivity index (χ1) is 14.6. The number of benzene rings is 1. The molecule has 0 bridgehead atoms. The summed E-state index contributed by atoms with van der Waals surface area (Å²) < 4.78 is 11.5. The number of carboxylic acids is 1. The number of carboxylic acid groups (broad SMARTS) is 1. The third kappa shape index (κ3) is 3.92. The van der Waals surface area contributed by atoms with Crippen molar-refractivity contribution in [1.82, 2.24) is 15.2 Å². The molecule has 4 rings (SSSR count). The molecule has 0 radical (unpaired) electrons. The Labute approximate surface area is 179 Å². The van der Waals surface area contributed by atoms with Crippen molar-refractivity contribution in [3.8, 4) is 11.3 Å². The third-order valence-electron chi connectivity index (χ3n) is 5.07. The minimum Gasteiger partial charge on any atom is -0.478 e. The summed E-state index contributed by atoms with van der Waals surface area (Å²) in [4.78, 5) is 17.6. The second-order valence-electron chi connectivity index (χ2n) is 6.90. The molecule has 154 valence electrons. The zero-order valence-corrected chi connectivity index (χ0v) is 17.1. The SMILES string of the molecule is COCCN1C(=S)N[C@@H](c2ccccn2)[C@@H]1c1ccc(-c2ccc(C(=O)O)cc2)o1. The molecular formula is C22H21N3O4S. The average Bonchev–Trinajstić information content (AvgIpc) is 3.37. The number of nitrogens with zero attached hydrogens (tertiary/aromatic N) is 2. The maximum absolute atomic E-state index is 11.1. The van der Waals surface area contributed by atoms with Crippen LogP contribution >= 0.6 is 12.2 Å².